The number of rotatable bonds is 4. The van der Waals surface area contributed by atoms with Gasteiger partial charge in [-0.2, -0.15) is 0 Å². The van der Waals surface area contributed by atoms with E-state index in [0.717, 1.165) is 12.1 Å². The van der Waals surface area contributed by atoms with Gasteiger partial charge in [0.1, 0.15) is 0 Å². The van der Waals surface area contributed by atoms with E-state index < -0.39 is 16.1 Å². The molecular formula is C7H8N4O5S. The first-order valence-electron chi connectivity index (χ1n) is 4.11. The molecule has 0 fully saturated rings. The standard InChI is InChI=1S/C7H8N4O5S/c8-11-9-5-1-3-6(4-2-5)17(15,16)10-7(12,13)14/h1-4,10,12-14H. The summed E-state index contributed by atoms with van der Waals surface area (Å²) in [4.78, 5) is 2.16. The Labute approximate surface area is 95.6 Å². The van der Waals surface area contributed by atoms with E-state index in [1.165, 1.54) is 16.9 Å². The maximum absolute atomic E-state index is 11.4. The molecule has 1 aromatic rings. The van der Waals surface area contributed by atoms with Crippen molar-refractivity contribution >= 4 is 15.7 Å². The van der Waals surface area contributed by atoms with Gasteiger partial charge in [0.2, 0.25) is 10.0 Å². The molecule has 0 saturated carbocycles. The Bertz CT molecular complexity index is 541. The Kier molecular flexibility index (Phi) is 3.68. The molecule has 0 radical (unpaired) electrons. The Morgan fingerprint density at radius 2 is 1.76 bits per heavy atom. The summed E-state index contributed by atoms with van der Waals surface area (Å²) in [6.45, 7) is 0. The molecule has 0 aliphatic carbocycles. The average Bonchev–Trinajstić information content (AvgIpc) is 2.15. The maximum Gasteiger partial charge on any atom is 0.356 e. The van der Waals surface area contributed by atoms with Crippen LogP contribution in [0, 0.1) is 0 Å². The predicted octanol–water partition coefficient (Wildman–Crippen LogP) is -0.505. The molecule has 1 rings (SSSR count). The minimum absolute atomic E-state index is 0.190. The van der Waals surface area contributed by atoms with Crippen LogP contribution in [-0.4, -0.2) is 29.8 Å². The highest BCUT2D eigenvalue weighted by molar-refractivity contribution is 7.89. The first-order valence-corrected chi connectivity index (χ1v) is 5.59. The molecule has 0 heterocycles. The molecule has 17 heavy (non-hydrogen) atoms. The normalized spacial score (nSPS) is 11.9. The van der Waals surface area contributed by atoms with Crippen LogP contribution in [0.2, 0.25) is 0 Å². The SMILES string of the molecule is [N-]=[N+]=Nc1ccc(S(=O)(=O)NC(O)(O)O)cc1. The van der Waals surface area contributed by atoms with Crippen LogP contribution in [0.5, 0.6) is 0 Å². The summed E-state index contributed by atoms with van der Waals surface area (Å²) in [5.74, 6) is 0. The molecule has 0 aromatic heterocycles. The number of sulfonamides is 1. The van der Waals surface area contributed by atoms with E-state index in [4.69, 9.17) is 20.9 Å². The fraction of sp³-hybridized carbons (Fsp3) is 0.143. The van der Waals surface area contributed by atoms with Crippen LogP contribution in [0.15, 0.2) is 34.3 Å². The van der Waals surface area contributed by atoms with Crippen molar-refractivity contribution in [2.24, 2.45) is 5.11 Å². The molecule has 0 aliphatic heterocycles. The molecule has 10 heteroatoms. The van der Waals surface area contributed by atoms with Crippen molar-refractivity contribution in [3.8, 4) is 0 Å². The zero-order valence-electron chi connectivity index (χ0n) is 8.22. The highest BCUT2D eigenvalue weighted by atomic mass is 32.2. The molecule has 0 amide bonds. The number of nitrogens with zero attached hydrogens (tertiary/aromatic N) is 3. The number of azide groups is 1. The van der Waals surface area contributed by atoms with Gasteiger partial charge >= 0.3 is 6.10 Å². The minimum Gasteiger partial charge on any atom is -0.330 e. The summed E-state index contributed by atoms with van der Waals surface area (Å²) < 4.78 is 24.0. The monoisotopic (exact) mass is 260 g/mol. The Morgan fingerprint density at radius 3 is 2.18 bits per heavy atom. The summed E-state index contributed by atoms with van der Waals surface area (Å²) in [6.07, 6.45) is -3.54. The molecule has 0 atom stereocenters. The minimum atomic E-state index is -4.28. The summed E-state index contributed by atoms with van der Waals surface area (Å²) >= 11 is 0. The first-order chi connectivity index (χ1) is 7.74. The summed E-state index contributed by atoms with van der Waals surface area (Å²) in [5.41, 5.74) is 8.32. The molecule has 0 bridgehead atoms. The van der Waals surface area contributed by atoms with Crippen LogP contribution < -0.4 is 4.72 Å². The van der Waals surface area contributed by atoms with Crippen LogP contribution in [0.3, 0.4) is 0 Å². The highest BCUT2D eigenvalue weighted by Crippen LogP contribution is 2.17. The molecule has 1 aromatic carbocycles. The Morgan fingerprint density at radius 1 is 1.24 bits per heavy atom. The molecule has 0 aliphatic rings. The van der Waals surface area contributed by atoms with Gasteiger partial charge in [-0.25, -0.2) is 8.42 Å². The van der Waals surface area contributed by atoms with E-state index in [-0.39, 0.29) is 10.6 Å². The molecule has 0 spiro atoms. The highest BCUT2D eigenvalue weighted by Gasteiger charge is 2.27. The van der Waals surface area contributed by atoms with E-state index in [2.05, 4.69) is 10.0 Å². The van der Waals surface area contributed by atoms with Crippen molar-refractivity contribution in [3.05, 3.63) is 34.7 Å². The van der Waals surface area contributed by atoms with Crippen LogP contribution in [0.25, 0.3) is 10.4 Å². The lowest BCUT2D eigenvalue weighted by Crippen LogP contribution is -2.47. The van der Waals surface area contributed by atoms with Gasteiger partial charge in [-0.3, -0.25) is 0 Å². The largest absolute Gasteiger partial charge is 0.356 e. The molecular weight excluding hydrogens is 252 g/mol. The third-order valence-electron chi connectivity index (χ3n) is 1.58. The van der Waals surface area contributed by atoms with Crippen molar-refractivity contribution in [1.29, 1.82) is 0 Å². The van der Waals surface area contributed by atoms with Gasteiger partial charge in [-0.1, -0.05) is 17.2 Å². The fourth-order valence-corrected chi connectivity index (χ4v) is 1.96. The second-order valence-corrected chi connectivity index (χ2v) is 4.61. The predicted molar refractivity (Wildman–Crippen MR) is 55.0 cm³/mol. The van der Waals surface area contributed by atoms with E-state index in [9.17, 15) is 8.42 Å². The van der Waals surface area contributed by atoms with Crippen molar-refractivity contribution in [2.45, 2.75) is 11.0 Å². The van der Waals surface area contributed by atoms with Gasteiger partial charge in [-0.05, 0) is 17.7 Å². The van der Waals surface area contributed by atoms with E-state index in [1.54, 1.807) is 0 Å². The van der Waals surface area contributed by atoms with Gasteiger partial charge in [0.05, 0.1) is 4.90 Å². The van der Waals surface area contributed by atoms with Crippen molar-refractivity contribution < 1.29 is 23.7 Å². The topological polar surface area (TPSA) is 156 Å². The zero-order valence-corrected chi connectivity index (χ0v) is 9.03. The van der Waals surface area contributed by atoms with Gasteiger partial charge in [0, 0.05) is 10.6 Å². The lowest BCUT2D eigenvalue weighted by atomic mass is 10.3. The van der Waals surface area contributed by atoms with Gasteiger partial charge in [0.15, 0.2) is 0 Å². The average molecular weight is 260 g/mol. The number of nitrogens with one attached hydrogen (secondary N) is 1. The summed E-state index contributed by atoms with van der Waals surface area (Å²) in [6, 6.07) is 4.56. The second kappa shape index (κ2) is 4.67. The van der Waals surface area contributed by atoms with Gasteiger partial charge in [-0.15, -0.1) is 4.72 Å². The van der Waals surface area contributed by atoms with Crippen molar-refractivity contribution in [2.75, 3.05) is 0 Å². The molecule has 0 saturated heterocycles. The van der Waals surface area contributed by atoms with E-state index >= 15 is 0 Å². The van der Waals surface area contributed by atoms with E-state index in [0.29, 0.717) is 0 Å². The zero-order chi connectivity index (χ0) is 13.1. The lowest BCUT2D eigenvalue weighted by molar-refractivity contribution is -0.318. The fourth-order valence-electron chi connectivity index (χ4n) is 0.983. The summed E-state index contributed by atoms with van der Waals surface area (Å²) in [7, 11) is -4.28. The Hall–Kier alpha value is -1.68. The van der Waals surface area contributed by atoms with Gasteiger partial charge < -0.3 is 15.3 Å². The molecule has 4 N–H and O–H groups in total. The quantitative estimate of drug-likeness (QED) is 0.248. The maximum atomic E-state index is 11.4. The van der Waals surface area contributed by atoms with Gasteiger partial charge in [0.25, 0.3) is 0 Å². The third-order valence-corrected chi connectivity index (χ3v) is 3.01. The number of aliphatic hydroxyl groups is 3. The van der Waals surface area contributed by atoms with Crippen molar-refractivity contribution in [3.63, 3.8) is 0 Å². The molecule has 92 valence electrons. The number of hydrogen-bond donors (Lipinski definition) is 4. The Balaban J connectivity index is 3.04. The number of hydrogen-bond acceptors (Lipinski definition) is 6. The van der Waals surface area contributed by atoms with Crippen LogP contribution >= 0.6 is 0 Å². The summed E-state index contributed by atoms with van der Waals surface area (Å²) in [5, 5.41) is 28.7. The number of benzene rings is 1. The van der Waals surface area contributed by atoms with Crippen molar-refractivity contribution in [1.82, 2.24) is 4.72 Å². The third kappa shape index (κ3) is 4.00. The first kappa shape index (κ1) is 13.4. The molecule has 0 unspecified atom stereocenters. The molecule has 9 nitrogen and oxygen atoms in total. The smallest absolute Gasteiger partial charge is 0.330 e. The lowest BCUT2D eigenvalue weighted by Gasteiger charge is -2.15. The van der Waals surface area contributed by atoms with Crippen LogP contribution in [0.1, 0.15) is 0 Å². The van der Waals surface area contributed by atoms with Crippen LogP contribution in [0.4, 0.5) is 5.69 Å². The van der Waals surface area contributed by atoms with E-state index in [1.807, 2.05) is 0 Å². The second-order valence-electron chi connectivity index (χ2n) is 2.92. The van der Waals surface area contributed by atoms with Crippen LogP contribution in [-0.2, 0) is 10.0 Å².